The van der Waals surface area contributed by atoms with Gasteiger partial charge in [0.25, 0.3) is 0 Å². The summed E-state index contributed by atoms with van der Waals surface area (Å²) in [4.78, 5) is 7.84. The minimum absolute atomic E-state index is 0.498. The Morgan fingerprint density at radius 1 is 1.43 bits per heavy atom. The first-order valence-electron chi connectivity index (χ1n) is 5.43. The van der Waals surface area contributed by atoms with Crippen molar-refractivity contribution in [3.63, 3.8) is 0 Å². The van der Waals surface area contributed by atoms with Gasteiger partial charge in [0.1, 0.15) is 6.26 Å². The maximum atomic E-state index is 5.42. The third-order valence-electron chi connectivity index (χ3n) is 3.37. The van der Waals surface area contributed by atoms with Gasteiger partial charge in [-0.25, -0.2) is 0 Å². The first-order chi connectivity index (χ1) is 6.68. The Bertz CT molecular complexity index is 239. The van der Waals surface area contributed by atoms with Crippen LogP contribution in [0.2, 0.25) is 0 Å². The van der Waals surface area contributed by atoms with Crippen LogP contribution in [0.5, 0.6) is 0 Å². The van der Waals surface area contributed by atoms with Crippen molar-refractivity contribution in [3.8, 4) is 0 Å². The predicted octanol–water partition coefficient (Wildman–Crippen LogP) is 1.48. The summed E-state index contributed by atoms with van der Waals surface area (Å²) in [6.45, 7) is 4.61. The van der Waals surface area contributed by atoms with Crippen LogP contribution in [-0.2, 0) is 4.84 Å². The summed E-state index contributed by atoms with van der Waals surface area (Å²) in [5.74, 6) is 0.734. The summed E-state index contributed by atoms with van der Waals surface area (Å²) in [7, 11) is 4.24. The Morgan fingerprint density at radius 3 is 2.79 bits per heavy atom. The van der Waals surface area contributed by atoms with Crippen LogP contribution in [0.3, 0.4) is 0 Å². The van der Waals surface area contributed by atoms with Gasteiger partial charge in [0.05, 0.1) is 6.04 Å². The average Bonchev–Trinajstić information content (AvgIpc) is 2.46. The number of rotatable bonds is 1. The summed E-state index contributed by atoms with van der Waals surface area (Å²) in [5, 5.41) is 2.00. The number of hydroxylamine groups is 2. The van der Waals surface area contributed by atoms with Crippen molar-refractivity contribution in [1.82, 2.24) is 9.96 Å². The second-order valence-electron chi connectivity index (χ2n) is 4.62. The van der Waals surface area contributed by atoms with Crippen LogP contribution < -0.4 is 0 Å². The zero-order valence-corrected chi connectivity index (χ0v) is 9.36. The number of hydrogen-bond donors (Lipinski definition) is 0. The third-order valence-corrected chi connectivity index (χ3v) is 3.37. The lowest BCUT2D eigenvalue weighted by Gasteiger charge is -2.35. The van der Waals surface area contributed by atoms with Crippen LogP contribution in [0, 0.1) is 5.92 Å². The van der Waals surface area contributed by atoms with Gasteiger partial charge in [-0.05, 0) is 44.8 Å². The van der Waals surface area contributed by atoms with Crippen molar-refractivity contribution < 1.29 is 4.84 Å². The highest BCUT2D eigenvalue weighted by molar-refractivity contribution is 5.10. The zero-order valence-electron chi connectivity index (χ0n) is 9.36. The Morgan fingerprint density at radius 2 is 2.21 bits per heavy atom. The number of likely N-dealkylation sites (N-methyl/N-ethyl adjacent to an activating group) is 1. The number of nitrogens with zero attached hydrogens (tertiary/aromatic N) is 2. The molecule has 2 aliphatic rings. The van der Waals surface area contributed by atoms with Gasteiger partial charge >= 0.3 is 0 Å². The molecule has 0 aliphatic carbocycles. The molecule has 2 atom stereocenters. The van der Waals surface area contributed by atoms with Crippen molar-refractivity contribution in [2.75, 3.05) is 27.2 Å². The van der Waals surface area contributed by atoms with E-state index in [1.54, 1.807) is 0 Å². The predicted molar refractivity (Wildman–Crippen MR) is 56.6 cm³/mol. The molecule has 0 bridgehead atoms. The molecule has 0 aromatic rings. The van der Waals surface area contributed by atoms with E-state index < -0.39 is 0 Å². The van der Waals surface area contributed by atoms with Gasteiger partial charge in [-0.15, -0.1) is 5.06 Å². The normalized spacial score (nSPS) is 35.5. The molecule has 0 N–H and O–H groups in total. The Balaban J connectivity index is 2.02. The van der Waals surface area contributed by atoms with Crippen LogP contribution in [0.1, 0.15) is 19.8 Å². The fourth-order valence-electron chi connectivity index (χ4n) is 2.72. The SMILES string of the molecule is CC1=CON(C)C1C1CCCN(C)C1. The van der Waals surface area contributed by atoms with E-state index in [4.69, 9.17) is 4.84 Å². The van der Waals surface area contributed by atoms with Gasteiger partial charge in [0, 0.05) is 13.6 Å². The molecule has 0 radical (unpaired) electrons. The molecule has 1 fully saturated rings. The highest BCUT2D eigenvalue weighted by Gasteiger charge is 2.33. The largest absolute Gasteiger partial charge is 0.413 e. The molecule has 3 heteroatoms. The topological polar surface area (TPSA) is 15.7 Å². The summed E-state index contributed by atoms with van der Waals surface area (Å²) in [6, 6.07) is 0.498. The molecule has 2 aliphatic heterocycles. The number of piperidine rings is 1. The van der Waals surface area contributed by atoms with Crippen molar-refractivity contribution in [2.24, 2.45) is 5.92 Å². The minimum Gasteiger partial charge on any atom is -0.413 e. The van der Waals surface area contributed by atoms with Crippen LogP contribution >= 0.6 is 0 Å². The van der Waals surface area contributed by atoms with Gasteiger partial charge < -0.3 is 9.74 Å². The van der Waals surface area contributed by atoms with E-state index in [1.165, 1.54) is 31.5 Å². The van der Waals surface area contributed by atoms with Crippen molar-refractivity contribution >= 4 is 0 Å². The summed E-state index contributed by atoms with van der Waals surface area (Å²) < 4.78 is 0. The van der Waals surface area contributed by atoms with Gasteiger partial charge in [0.15, 0.2) is 0 Å². The molecule has 0 saturated carbocycles. The Hall–Kier alpha value is -0.540. The van der Waals surface area contributed by atoms with Crippen LogP contribution in [-0.4, -0.2) is 43.2 Å². The van der Waals surface area contributed by atoms with Gasteiger partial charge in [-0.1, -0.05) is 0 Å². The highest BCUT2D eigenvalue weighted by atomic mass is 16.7. The number of hydrogen-bond acceptors (Lipinski definition) is 3. The van der Waals surface area contributed by atoms with Gasteiger partial charge in [0.2, 0.25) is 0 Å². The fraction of sp³-hybridized carbons (Fsp3) is 0.818. The molecule has 0 aromatic heterocycles. The van der Waals surface area contributed by atoms with Crippen molar-refractivity contribution in [3.05, 3.63) is 11.8 Å². The lowest BCUT2D eigenvalue weighted by Crippen LogP contribution is -2.43. The lowest BCUT2D eigenvalue weighted by molar-refractivity contribution is -0.0983. The molecule has 3 nitrogen and oxygen atoms in total. The Labute approximate surface area is 86.3 Å². The molecule has 2 heterocycles. The molecule has 80 valence electrons. The van der Waals surface area contributed by atoms with Gasteiger partial charge in [-0.3, -0.25) is 0 Å². The van der Waals surface area contributed by atoms with Crippen LogP contribution in [0.25, 0.3) is 0 Å². The minimum atomic E-state index is 0.498. The molecular weight excluding hydrogens is 176 g/mol. The lowest BCUT2D eigenvalue weighted by atomic mass is 9.87. The van der Waals surface area contributed by atoms with Crippen molar-refractivity contribution in [2.45, 2.75) is 25.8 Å². The quantitative estimate of drug-likeness (QED) is 0.632. The first-order valence-corrected chi connectivity index (χ1v) is 5.43. The molecule has 2 unspecified atom stereocenters. The molecule has 1 saturated heterocycles. The second-order valence-corrected chi connectivity index (χ2v) is 4.62. The molecule has 14 heavy (non-hydrogen) atoms. The van der Waals surface area contributed by atoms with E-state index in [0.717, 1.165) is 5.92 Å². The molecule has 2 rings (SSSR count). The van der Waals surface area contributed by atoms with E-state index in [0.29, 0.717) is 6.04 Å². The van der Waals surface area contributed by atoms with Gasteiger partial charge in [-0.2, -0.15) is 0 Å². The Kier molecular flexibility index (Phi) is 2.79. The van der Waals surface area contributed by atoms with Crippen molar-refractivity contribution in [1.29, 1.82) is 0 Å². The average molecular weight is 196 g/mol. The number of likely N-dealkylation sites (tertiary alicyclic amines) is 1. The monoisotopic (exact) mass is 196 g/mol. The molecular formula is C11H20N2O. The maximum Gasteiger partial charge on any atom is 0.112 e. The molecule has 0 amide bonds. The van der Waals surface area contributed by atoms with E-state index in [9.17, 15) is 0 Å². The summed E-state index contributed by atoms with van der Waals surface area (Å²) in [6.07, 6.45) is 4.53. The van der Waals surface area contributed by atoms with E-state index in [-0.39, 0.29) is 0 Å². The standard InChI is InChI=1S/C11H20N2O/c1-9-8-14-13(3)11(9)10-5-4-6-12(2)7-10/h8,10-11H,4-7H2,1-3H3. The van der Waals surface area contributed by atoms with E-state index in [1.807, 2.05) is 18.4 Å². The van der Waals surface area contributed by atoms with E-state index in [2.05, 4.69) is 18.9 Å². The van der Waals surface area contributed by atoms with Crippen LogP contribution in [0.4, 0.5) is 0 Å². The van der Waals surface area contributed by atoms with E-state index >= 15 is 0 Å². The van der Waals surface area contributed by atoms with Crippen LogP contribution in [0.15, 0.2) is 11.8 Å². The fourth-order valence-corrected chi connectivity index (χ4v) is 2.72. The zero-order chi connectivity index (χ0) is 10.1. The summed E-state index contributed by atoms with van der Waals surface area (Å²) >= 11 is 0. The molecule has 0 spiro atoms. The smallest absolute Gasteiger partial charge is 0.112 e. The first kappa shape index (κ1) is 9.99. The summed E-state index contributed by atoms with van der Waals surface area (Å²) in [5.41, 5.74) is 1.37. The highest BCUT2D eigenvalue weighted by Crippen LogP contribution is 2.29. The molecule has 0 aromatic carbocycles. The maximum absolute atomic E-state index is 5.42. The third kappa shape index (κ3) is 1.79. The second kappa shape index (κ2) is 3.91.